The summed E-state index contributed by atoms with van der Waals surface area (Å²) in [7, 11) is 3.80. The van der Waals surface area contributed by atoms with Crippen LogP contribution in [0.3, 0.4) is 0 Å². The molecule has 0 radical (unpaired) electrons. The van der Waals surface area contributed by atoms with Gasteiger partial charge in [0.2, 0.25) is 0 Å². The van der Waals surface area contributed by atoms with Crippen LogP contribution in [0.25, 0.3) is 0 Å². The Balaban J connectivity index is 2.23. The lowest BCUT2D eigenvalue weighted by Crippen LogP contribution is -2.25. The summed E-state index contributed by atoms with van der Waals surface area (Å²) < 4.78 is 5.03. The molecule has 5 nitrogen and oxygen atoms in total. The van der Waals surface area contributed by atoms with E-state index in [0.717, 1.165) is 38.3 Å². The number of hydrogen-bond acceptors (Lipinski definition) is 3. The SMILES string of the molecule is COCCN(C)CCCN=C(N)Nc1ccc(C)cc1. The van der Waals surface area contributed by atoms with Crippen LogP contribution in [-0.2, 0) is 4.74 Å². The van der Waals surface area contributed by atoms with Gasteiger partial charge in [0.25, 0.3) is 0 Å². The highest BCUT2D eigenvalue weighted by molar-refractivity contribution is 5.92. The first-order valence-corrected chi connectivity index (χ1v) is 6.93. The molecule has 3 N–H and O–H groups in total. The number of guanidine groups is 1. The molecule has 0 atom stereocenters. The molecule has 0 saturated carbocycles. The molecule has 0 saturated heterocycles. The number of aryl methyl sites for hydroxylation is 1. The number of ether oxygens (including phenoxy) is 1. The molecule has 0 bridgehead atoms. The fraction of sp³-hybridized carbons (Fsp3) is 0.533. The van der Waals surface area contributed by atoms with Crippen LogP contribution in [0.2, 0.25) is 0 Å². The Labute approximate surface area is 121 Å². The van der Waals surface area contributed by atoms with Crippen molar-refractivity contribution in [2.75, 3.05) is 45.7 Å². The molecule has 0 aliphatic carbocycles. The predicted octanol–water partition coefficient (Wildman–Crippen LogP) is 1.69. The summed E-state index contributed by atoms with van der Waals surface area (Å²) in [4.78, 5) is 6.54. The second kappa shape index (κ2) is 9.34. The second-order valence-electron chi connectivity index (χ2n) is 4.91. The normalized spacial score (nSPS) is 11.9. The number of methoxy groups -OCH3 is 1. The Morgan fingerprint density at radius 3 is 2.65 bits per heavy atom. The van der Waals surface area contributed by atoms with Crippen molar-refractivity contribution < 1.29 is 4.74 Å². The summed E-state index contributed by atoms with van der Waals surface area (Å²) in [5.41, 5.74) is 8.04. The van der Waals surface area contributed by atoms with Crippen molar-refractivity contribution >= 4 is 11.6 Å². The highest BCUT2D eigenvalue weighted by Gasteiger charge is 1.98. The number of nitrogens with one attached hydrogen (secondary N) is 1. The monoisotopic (exact) mass is 278 g/mol. The lowest BCUT2D eigenvalue weighted by atomic mass is 10.2. The topological polar surface area (TPSA) is 62.9 Å². The maximum atomic E-state index is 5.85. The van der Waals surface area contributed by atoms with Crippen LogP contribution in [-0.4, -0.2) is 51.3 Å². The van der Waals surface area contributed by atoms with Gasteiger partial charge in [-0.1, -0.05) is 17.7 Å². The van der Waals surface area contributed by atoms with Crippen LogP contribution in [0, 0.1) is 6.92 Å². The lowest BCUT2D eigenvalue weighted by molar-refractivity contribution is 0.161. The Hall–Kier alpha value is -1.59. The van der Waals surface area contributed by atoms with Gasteiger partial charge in [0.05, 0.1) is 6.61 Å². The molecule has 0 heterocycles. The van der Waals surface area contributed by atoms with Crippen molar-refractivity contribution in [3.05, 3.63) is 29.8 Å². The van der Waals surface area contributed by atoms with E-state index in [-0.39, 0.29) is 0 Å². The zero-order chi connectivity index (χ0) is 14.8. The van der Waals surface area contributed by atoms with Gasteiger partial charge < -0.3 is 20.7 Å². The minimum absolute atomic E-state index is 0.466. The van der Waals surface area contributed by atoms with E-state index in [1.165, 1.54) is 5.56 Å². The lowest BCUT2D eigenvalue weighted by Gasteiger charge is -2.14. The Morgan fingerprint density at radius 2 is 2.00 bits per heavy atom. The molecule has 1 rings (SSSR count). The van der Waals surface area contributed by atoms with Crippen molar-refractivity contribution in [1.82, 2.24) is 4.90 Å². The Kier molecular flexibility index (Phi) is 7.69. The Bertz CT molecular complexity index is 403. The molecule has 20 heavy (non-hydrogen) atoms. The van der Waals surface area contributed by atoms with Gasteiger partial charge in [-0.25, -0.2) is 0 Å². The first-order valence-electron chi connectivity index (χ1n) is 6.93. The number of benzene rings is 1. The molecule has 5 heteroatoms. The molecule has 1 aromatic rings. The van der Waals surface area contributed by atoms with Crippen LogP contribution in [0.15, 0.2) is 29.3 Å². The number of likely N-dealkylation sites (N-methyl/N-ethyl adjacent to an activating group) is 1. The molecule has 0 aliphatic heterocycles. The van der Waals surface area contributed by atoms with E-state index in [1.54, 1.807) is 7.11 Å². The first-order chi connectivity index (χ1) is 9.61. The zero-order valence-electron chi connectivity index (χ0n) is 12.7. The third-order valence-electron chi connectivity index (χ3n) is 2.98. The number of rotatable bonds is 8. The molecule has 0 spiro atoms. The molecule has 112 valence electrons. The van der Waals surface area contributed by atoms with E-state index in [2.05, 4.69) is 29.2 Å². The standard InChI is InChI=1S/C15H26N4O/c1-13-5-7-14(8-6-13)18-15(16)17-9-4-10-19(2)11-12-20-3/h5-8H,4,9-12H2,1-3H3,(H3,16,17,18). The number of anilines is 1. The van der Waals surface area contributed by atoms with Gasteiger partial charge in [0.15, 0.2) is 5.96 Å². The van der Waals surface area contributed by atoms with Crippen LogP contribution in [0.4, 0.5) is 5.69 Å². The fourth-order valence-electron chi connectivity index (χ4n) is 1.72. The summed E-state index contributed by atoms with van der Waals surface area (Å²) in [6, 6.07) is 8.08. The molecule has 0 fully saturated rings. The van der Waals surface area contributed by atoms with Gasteiger partial charge in [0, 0.05) is 25.9 Å². The molecule has 0 unspecified atom stereocenters. The van der Waals surface area contributed by atoms with Crippen LogP contribution in [0.5, 0.6) is 0 Å². The Morgan fingerprint density at radius 1 is 1.30 bits per heavy atom. The number of nitrogens with zero attached hydrogens (tertiary/aromatic N) is 2. The van der Waals surface area contributed by atoms with Crippen LogP contribution < -0.4 is 11.1 Å². The second-order valence-corrected chi connectivity index (χ2v) is 4.91. The van der Waals surface area contributed by atoms with Crippen molar-refractivity contribution in [1.29, 1.82) is 0 Å². The maximum Gasteiger partial charge on any atom is 0.193 e. The third-order valence-corrected chi connectivity index (χ3v) is 2.98. The van der Waals surface area contributed by atoms with Gasteiger partial charge in [-0.05, 0) is 39.1 Å². The van der Waals surface area contributed by atoms with Gasteiger partial charge in [-0.2, -0.15) is 0 Å². The first kappa shape index (κ1) is 16.5. The predicted molar refractivity (Wildman–Crippen MR) is 85.3 cm³/mol. The fourth-order valence-corrected chi connectivity index (χ4v) is 1.72. The highest BCUT2D eigenvalue weighted by atomic mass is 16.5. The molecular weight excluding hydrogens is 252 g/mol. The van der Waals surface area contributed by atoms with Gasteiger partial charge >= 0.3 is 0 Å². The summed E-state index contributed by atoms with van der Waals surface area (Å²) in [6.45, 7) is 5.47. The van der Waals surface area contributed by atoms with Crippen molar-refractivity contribution in [3.8, 4) is 0 Å². The van der Waals surface area contributed by atoms with Gasteiger partial charge in [-0.3, -0.25) is 4.99 Å². The van der Waals surface area contributed by atoms with E-state index in [4.69, 9.17) is 10.5 Å². The van der Waals surface area contributed by atoms with E-state index in [9.17, 15) is 0 Å². The zero-order valence-corrected chi connectivity index (χ0v) is 12.7. The highest BCUT2D eigenvalue weighted by Crippen LogP contribution is 2.07. The smallest absolute Gasteiger partial charge is 0.193 e. The van der Waals surface area contributed by atoms with Crippen LogP contribution in [0.1, 0.15) is 12.0 Å². The number of nitrogens with two attached hydrogens (primary N) is 1. The molecular formula is C15H26N4O. The average molecular weight is 278 g/mol. The average Bonchev–Trinajstić information content (AvgIpc) is 2.44. The van der Waals surface area contributed by atoms with Crippen LogP contribution >= 0.6 is 0 Å². The van der Waals surface area contributed by atoms with Crippen molar-refractivity contribution in [3.63, 3.8) is 0 Å². The molecule has 0 amide bonds. The summed E-state index contributed by atoms with van der Waals surface area (Å²) in [6.07, 6.45) is 0.983. The third kappa shape index (κ3) is 7.11. The summed E-state index contributed by atoms with van der Waals surface area (Å²) >= 11 is 0. The summed E-state index contributed by atoms with van der Waals surface area (Å²) in [5, 5.41) is 3.09. The molecule has 1 aromatic carbocycles. The quantitative estimate of drug-likeness (QED) is 0.431. The number of hydrogen-bond donors (Lipinski definition) is 2. The molecule has 0 aromatic heterocycles. The van der Waals surface area contributed by atoms with Gasteiger partial charge in [0.1, 0.15) is 0 Å². The number of aliphatic imine (C=N–C) groups is 1. The van der Waals surface area contributed by atoms with E-state index >= 15 is 0 Å². The van der Waals surface area contributed by atoms with E-state index in [0.29, 0.717) is 5.96 Å². The molecule has 0 aliphatic rings. The van der Waals surface area contributed by atoms with E-state index < -0.39 is 0 Å². The van der Waals surface area contributed by atoms with Gasteiger partial charge in [-0.15, -0.1) is 0 Å². The van der Waals surface area contributed by atoms with E-state index in [1.807, 2.05) is 24.3 Å². The summed E-state index contributed by atoms with van der Waals surface area (Å²) in [5.74, 6) is 0.466. The maximum absolute atomic E-state index is 5.85. The minimum Gasteiger partial charge on any atom is -0.383 e. The largest absolute Gasteiger partial charge is 0.383 e. The van der Waals surface area contributed by atoms with Crippen molar-refractivity contribution in [2.24, 2.45) is 10.7 Å². The minimum atomic E-state index is 0.466. The van der Waals surface area contributed by atoms with Crippen molar-refractivity contribution in [2.45, 2.75) is 13.3 Å².